The molecule has 1 fully saturated rings. The van der Waals surface area contributed by atoms with Crippen LogP contribution in [-0.4, -0.2) is 41.0 Å². The molecule has 1 aliphatic heterocycles. The molecule has 0 saturated carbocycles. The average Bonchev–Trinajstić information content (AvgIpc) is 2.99. The van der Waals surface area contributed by atoms with Gasteiger partial charge in [-0.2, -0.15) is 0 Å². The van der Waals surface area contributed by atoms with Crippen molar-refractivity contribution in [3.63, 3.8) is 0 Å². The van der Waals surface area contributed by atoms with Gasteiger partial charge in [-0.05, 0) is 54.7 Å². The highest BCUT2D eigenvalue weighted by Gasteiger charge is 2.61. The highest BCUT2D eigenvalue weighted by Crippen LogP contribution is 2.44. The van der Waals surface area contributed by atoms with Crippen LogP contribution in [0.2, 0.25) is 0 Å². The lowest BCUT2D eigenvalue weighted by atomic mass is 9.76. The van der Waals surface area contributed by atoms with Gasteiger partial charge in [-0.3, -0.25) is 0 Å². The Balaban J connectivity index is 2.07. The van der Waals surface area contributed by atoms with Gasteiger partial charge in [0.05, 0.1) is 13.0 Å². The molecule has 1 aliphatic rings. The van der Waals surface area contributed by atoms with E-state index in [1.54, 1.807) is 19.1 Å². The molecule has 3 atom stereocenters. The SMILES string of the molecule is COC(=O)C1(Cc2ccc(C)c(C/C=C(/C)Cl)c2)OC(=O)C(O)C1c1ccc(O)cc1. The molecule has 31 heavy (non-hydrogen) atoms. The number of methoxy groups -OCH3 is 1. The first kappa shape index (κ1) is 22.8. The molecule has 164 valence electrons. The third-order valence-corrected chi connectivity index (χ3v) is 5.76. The highest BCUT2D eigenvalue weighted by atomic mass is 35.5. The number of carbonyl (C=O) groups excluding carboxylic acids is 2. The number of cyclic esters (lactones) is 1. The predicted molar refractivity (Wildman–Crippen MR) is 116 cm³/mol. The molecule has 3 unspecified atom stereocenters. The monoisotopic (exact) mass is 444 g/mol. The van der Waals surface area contributed by atoms with Crippen LogP contribution in [0, 0.1) is 6.92 Å². The molecule has 6 nitrogen and oxygen atoms in total. The molecule has 2 aromatic carbocycles. The molecule has 0 aromatic heterocycles. The van der Waals surface area contributed by atoms with E-state index in [2.05, 4.69) is 0 Å². The van der Waals surface area contributed by atoms with Crippen LogP contribution < -0.4 is 0 Å². The van der Waals surface area contributed by atoms with Crippen LogP contribution in [0.25, 0.3) is 0 Å². The second kappa shape index (κ2) is 9.12. The number of hydrogen-bond acceptors (Lipinski definition) is 6. The summed E-state index contributed by atoms with van der Waals surface area (Å²) in [4.78, 5) is 25.4. The van der Waals surface area contributed by atoms with E-state index in [1.807, 2.05) is 31.2 Å². The molecule has 1 saturated heterocycles. The van der Waals surface area contributed by atoms with Crippen molar-refractivity contribution < 1.29 is 29.3 Å². The van der Waals surface area contributed by atoms with Gasteiger partial charge in [0.1, 0.15) is 5.75 Å². The summed E-state index contributed by atoms with van der Waals surface area (Å²) in [5, 5.41) is 20.9. The minimum absolute atomic E-state index is 0.0187. The first-order chi connectivity index (χ1) is 14.7. The lowest BCUT2D eigenvalue weighted by molar-refractivity contribution is -0.173. The molecule has 0 spiro atoms. The zero-order chi connectivity index (χ0) is 22.8. The van der Waals surface area contributed by atoms with Crippen molar-refractivity contribution in [3.8, 4) is 5.75 Å². The first-order valence-electron chi connectivity index (χ1n) is 9.87. The van der Waals surface area contributed by atoms with Gasteiger partial charge >= 0.3 is 11.9 Å². The summed E-state index contributed by atoms with van der Waals surface area (Å²) in [6.07, 6.45) is 0.979. The van der Waals surface area contributed by atoms with Crippen LogP contribution in [0.1, 0.15) is 35.1 Å². The minimum atomic E-state index is -1.74. The van der Waals surface area contributed by atoms with Crippen LogP contribution in [0.4, 0.5) is 0 Å². The maximum absolute atomic E-state index is 13.0. The molecule has 2 N–H and O–H groups in total. The number of ether oxygens (including phenoxy) is 2. The number of hydrogen-bond donors (Lipinski definition) is 2. The molecule has 0 amide bonds. The van der Waals surface area contributed by atoms with Crippen molar-refractivity contribution in [2.24, 2.45) is 0 Å². The molecule has 0 radical (unpaired) electrons. The van der Waals surface area contributed by atoms with Crippen molar-refractivity contribution in [1.82, 2.24) is 0 Å². The van der Waals surface area contributed by atoms with Crippen molar-refractivity contribution in [1.29, 1.82) is 0 Å². The van der Waals surface area contributed by atoms with Gasteiger partial charge in [0.15, 0.2) is 6.10 Å². The van der Waals surface area contributed by atoms with E-state index in [4.69, 9.17) is 21.1 Å². The van der Waals surface area contributed by atoms with Gasteiger partial charge in [0.2, 0.25) is 5.60 Å². The third-order valence-electron chi connectivity index (χ3n) is 5.61. The number of halogens is 1. The zero-order valence-electron chi connectivity index (χ0n) is 17.6. The lowest BCUT2D eigenvalue weighted by Gasteiger charge is -2.31. The van der Waals surface area contributed by atoms with Gasteiger partial charge in [-0.25, -0.2) is 9.59 Å². The van der Waals surface area contributed by atoms with E-state index in [0.717, 1.165) is 16.7 Å². The number of aliphatic hydroxyl groups is 1. The molecule has 1 heterocycles. The Bertz CT molecular complexity index is 1010. The molecule has 7 heteroatoms. The Morgan fingerprint density at radius 3 is 2.55 bits per heavy atom. The number of allylic oxidation sites excluding steroid dienone is 2. The van der Waals surface area contributed by atoms with Crippen molar-refractivity contribution in [3.05, 3.63) is 75.8 Å². The Morgan fingerprint density at radius 1 is 1.26 bits per heavy atom. The third kappa shape index (κ3) is 4.60. The van der Waals surface area contributed by atoms with Crippen molar-refractivity contribution in [2.75, 3.05) is 7.11 Å². The number of aromatic hydroxyl groups is 1. The van der Waals surface area contributed by atoms with E-state index >= 15 is 0 Å². The number of benzene rings is 2. The number of phenols is 1. The quantitative estimate of drug-likeness (QED) is 0.662. The molecule has 0 aliphatic carbocycles. The van der Waals surface area contributed by atoms with E-state index in [1.165, 1.54) is 19.2 Å². The molecular weight excluding hydrogens is 420 g/mol. The van der Waals surface area contributed by atoms with Crippen LogP contribution in [0.3, 0.4) is 0 Å². The number of carbonyl (C=O) groups is 2. The van der Waals surface area contributed by atoms with E-state index < -0.39 is 29.6 Å². The number of esters is 2. The predicted octanol–water partition coefficient (Wildman–Crippen LogP) is 3.54. The Kier molecular flexibility index (Phi) is 6.72. The normalized spacial score (nSPS) is 23.5. The first-order valence-corrected chi connectivity index (χ1v) is 10.2. The maximum atomic E-state index is 13.0. The summed E-state index contributed by atoms with van der Waals surface area (Å²) in [7, 11) is 1.21. The van der Waals surface area contributed by atoms with Crippen molar-refractivity contribution in [2.45, 2.75) is 44.3 Å². The van der Waals surface area contributed by atoms with Gasteiger partial charge in [-0.1, -0.05) is 48.0 Å². The number of rotatable bonds is 6. The maximum Gasteiger partial charge on any atom is 0.351 e. The van der Waals surface area contributed by atoms with Crippen LogP contribution in [-0.2, 0) is 31.9 Å². The standard InChI is InChI=1S/C24H25ClO6/c1-14-4-6-16(12-18(14)7-5-15(2)25)13-24(23(29)30-3)20(21(27)22(28)31-24)17-8-10-19(26)11-9-17/h4-6,8-12,20-21,26-27H,7,13H2,1-3H3/b15-5-. The van der Waals surface area contributed by atoms with Gasteiger partial charge < -0.3 is 19.7 Å². The van der Waals surface area contributed by atoms with Crippen LogP contribution >= 0.6 is 11.6 Å². The average molecular weight is 445 g/mol. The fourth-order valence-corrected chi connectivity index (χ4v) is 4.07. The minimum Gasteiger partial charge on any atom is -0.508 e. The van der Waals surface area contributed by atoms with Gasteiger partial charge in [0.25, 0.3) is 0 Å². The molecular formula is C24H25ClO6. The van der Waals surface area contributed by atoms with E-state index in [0.29, 0.717) is 17.0 Å². The smallest absolute Gasteiger partial charge is 0.351 e. The zero-order valence-corrected chi connectivity index (χ0v) is 18.3. The van der Waals surface area contributed by atoms with Crippen LogP contribution in [0.15, 0.2) is 53.6 Å². The largest absolute Gasteiger partial charge is 0.508 e. The second-order valence-electron chi connectivity index (χ2n) is 7.75. The fourth-order valence-electron chi connectivity index (χ4n) is 4.00. The second-order valence-corrected chi connectivity index (χ2v) is 8.35. The summed E-state index contributed by atoms with van der Waals surface area (Å²) in [6.45, 7) is 3.78. The van der Waals surface area contributed by atoms with Gasteiger partial charge in [-0.15, -0.1) is 0 Å². The molecule has 3 rings (SSSR count). The van der Waals surface area contributed by atoms with Gasteiger partial charge in [0, 0.05) is 11.5 Å². The molecule has 2 aromatic rings. The summed E-state index contributed by atoms with van der Waals surface area (Å²) < 4.78 is 10.5. The molecule has 0 bridgehead atoms. The Morgan fingerprint density at radius 2 is 1.94 bits per heavy atom. The van der Waals surface area contributed by atoms with Crippen molar-refractivity contribution >= 4 is 23.5 Å². The summed E-state index contributed by atoms with van der Waals surface area (Å²) in [5.41, 5.74) is 1.56. The highest BCUT2D eigenvalue weighted by molar-refractivity contribution is 6.29. The van der Waals surface area contributed by atoms with E-state index in [-0.39, 0.29) is 12.2 Å². The summed E-state index contributed by atoms with van der Waals surface area (Å²) >= 11 is 5.97. The number of phenolic OH excluding ortho intramolecular Hbond substituents is 1. The van der Waals surface area contributed by atoms with Crippen LogP contribution in [0.5, 0.6) is 5.75 Å². The fraction of sp³-hybridized carbons (Fsp3) is 0.333. The topological polar surface area (TPSA) is 93.1 Å². The number of aryl methyl sites for hydroxylation is 1. The summed E-state index contributed by atoms with van der Waals surface area (Å²) in [6, 6.07) is 11.7. The Labute approximate surface area is 186 Å². The Hall–Kier alpha value is -2.83. The lowest BCUT2D eigenvalue weighted by Crippen LogP contribution is -2.47. The number of aliphatic hydroxyl groups excluding tert-OH is 1. The van der Waals surface area contributed by atoms with E-state index in [9.17, 15) is 19.8 Å². The summed E-state index contributed by atoms with van der Waals surface area (Å²) in [5.74, 6) is -2.62.